The Labute approximate surface area is 141 Å². The summed E-state index contributed by atoms with van der Waals surface area (Å²) in [5, 5.41) is 0. The van der Waals surface area contributed by atoms with Crippen LogP contribution in [0.5, 0.6) is 5.75 Å². The van der Waals surface area contributed by atoms with E-state index in [2.05, 4.69) is 0 Å². The van der Waals surface area contributed by atoms with Crippen molar-refractivity contribution in [1.82, 2.24) is 4.90 Å². The monoisotopic (exact) mass is 330 g/mol. The molecule has 2 N–H and O–H groups in total. The largest absolute Gasteiger partial charge is 0.495 e. The van der Waals surface area contributed by atoms with Gasteiger partial charge in [0.25, 0.3) is 5.91 Å². The SMILES string of the molecule is COc1ccc(-c2ccc(C(=O)N3CC(C)OC(C)C3)o2)cc1N. The van der Waals surface area contributed by atoms with Gasteiger partial charge in [0, 0.05) is 18.7 Å². The number of benzene rings is 1. The summed E-state index contributed by atoms with van der Waals surface area (Å²) in [5.74, 6) is 1.41. The number of hydrogen-bond acceptors (Lipinski definition) is 5. The molecule has 6 heteroatoms. The zero-order valence-corrected chi connectivity index (χ0v) is 14.1. The van der Waals surface area contributed by atoms with Gasteiger partial charge in [-0.25, -0.2) is 0 Å². The van der Waals surface area contributed by atoms with Crippen molar-refractivity contribution in [3.8, 4) is 17.1 Å². The quantitative estimate of drug-likeness (QED) is 0.876. The van der Waals surface area contributed by atoms with Crippen LogP contribution in [0.25, 0.3) is 11.3 Å². The molecule has 1 aliphatic rings. The summed E-state index contributed by atoms with van der Waals surface area (Å²) in [7, 11) is 1.57. The second kappa shape index (κ2) is 6.57. The number of morpholine rings is 1. The highest BCUT2D eigenvalue weighted by Crippen LogP contribution is 2.30. The summed E-state index contributed by atoms with van der Waals surface area (Å²) in [6, 6.07) is 8.87. The van der Waals surface area contributed by atoms with Crippen LogP contribution < -0.4 is 10.5 Å². The van der Waals surface area contributed by atoms with Gasteiger partial charge in [-0.1, -0.05) is 0 Å². The fourth-order valence-electron chi connectivity index (χ4n) is 3.00. The molecule has 24 heavy (non-hydrogen) atoms. The van der Waals surface area contributed by atoms with Gasteiger partial charge < -0.3 is 24.5 Å². The van der Waals surface area contributed by atoms with Crippen LogP contribution in [-0.2, 0) is 4.74 Å². The van der Waals surface area contributed by atoms with Crippen LogP contribution >= 0.6 is 0 Å². The summed E-state index contributed by atoms with van der Waals surface area (Å²) in [5.41, 5.74) is 7.25. The fourth-order valence-corrected chi connectivity index (χ4v) is 3.00. The summed E-state index contributed by atoms with van der Waals surface area (Å²) in [6.45, 7) is 5.05. The molecule has 1 saturated heterocycles. The number of nitrogens with two attached hydrogens (primary N) is 1. The second-order valence-electron chi connectivity index (χ2n) is 6.09. The smallest absolute Gasteiger partial charge is 0.289 e. The molecular weight excluding hydrogens is 308 g/mol. The number of hydrogen-bond donors (Lipinski definition) is 1. The average molecular weight is 330 g/mol. The Morgan fingerprint density at radius 2 is 1.92 bits per heavy atom. The van der Waals surface area contributed by atoms with E-state index in [1.54, 1.807) is 36.3 Å². The number of nitrogen functional groups attached to an aromatic ring is 1. The fraction of sp³-hybridized carbons (Fsp3) is 0.389. The molecule has 3 rings (SSSR count). The summed E-state index contributed by atoms with van der Waals surface area (Å²) in [4.78, 5) is 14.4. The van der Waals surface area contributed by atoms with E-state index in [1.807, 2.05) is 19.9 Å². The predicted octanol–water partition coefficient (Wildman–Crippen LogP) is 2.79. The summed E-state index contributed by atoms with van der Waals surface area (Å²) >= 11 is 0. The highest BCUT2D eigenvalue weighted by Gasteiger charge is 2.28. The molecule has 6 nitrogen and oxygen atoms in total. The normalized spacial score (nSPS) is 20.9. The molecule has 1 fully saturated rings. The number of furan rings is 1. The van der Waals surface area contributed by atoms with Crippen LogP contribution in [0.4, 0.5) is 5.69 Å². The molecule has 2 atom stereocenters. The van der Waals surface area contributed by atoms with Gasteiger partial charge in [-0.05, 0) is 44.2 Å². The maximum absolute atomic E-state index is 12.6. The standard InChI is InChI=1S/C18H22N2O4/c1-11-9-20(10-12(2)23-11)18(21)17-7-6-15(24-17)13-4-5-16(22-3)14(19)8-13/h4-8,11-12H,9-10,19H2,1-3H3. The van der Waals surface area contributed by atoms with Crippen molar-refractivity contribution in [2.24, 2.45) is 0 Å². The van der Waals surface area contributed by atoms with E-state index >= 15 is 0 Å². The van der Waals surface area contributed by atoms with Crippen molar-refractivity contribution in [3.05, 3.63) is 36.1 Å². The lowest BCUT2D eigenvalue weighted by atomic mass is 10.1. The van der Waals surface area contributed by atoms with Gasteiger partial charge in [-0.2, -0.15) is 0 Å². The molecule has 128 valence electrons. The van der Waals surface area contributed by atoms with Gasteiger partial charge in [0.2, 0.25) is 0 Å². The molecule has 0 aliphatic carbocycles. The third-order valence-electron chi connectivity index (χ3n) is 4.04. The molecule has 2 aromatic rings. The van der Waals surface area contributed by atoms with Crippen molar-refractivity contribution in [2.45, 2.75) is 26.1 Å². The molecule has 2 unspecified atom stereocenters. The molecule has 1 aliphatic heterocycles. The first kappa shape index (κ1) is 16.4. The van der Waals surface area contributed by atoms with Crippen LogP contribution in [0.3, 0.4) is 0 Å². The molecule has 1 aromatic heterocycles. The van der Waals surface area contributed by atoms with E-state index in [4.69, 9.17) is 19.6 Å². The lowest BCUT2D eigenvalue weighted by Crippen LogP contribution is -2.48. The molecule has 1 amide bonds. The first-order chi connectivity index (χ1) is 11.5. The highest BCUT2D eigenvalue weighted by atomic mass is 16.5. The lowest BCUT2D eigenvalue weighted by Gasteiger charge is -2.34. The maximum Gasteiger partial charge on any atom is 0.289 e. The van der Waals surface area contributed by atoms with E-state index < -0.39 is 0 Å². The Morgan fingerprint density at radius 3 is 2.54 bits per heavy atom. The topological polar surface area (TPSA) is 77.9 Å². The summed E-state index contributed by atoms with van der Waals surface area (Å²) in [6.07, 6.45) is 0.0436. The molecule has 0 spiro atoms. The van der Waals surface area contributed by atoms with Crippen molar-refractivity contribution >= 4 is 11.6 Å². The molecule has 0 bridgehead atoms. The maximum atomic E-state index is 12.6. The van der Waals surface area contributed by atoms with Gasteiger partial charge in [0.15, 0.2) is 5.76 Å². The van der Waals surface area contributed by atoms with Gasteiger partial charge in [-0.3, -0.25) is 4.79 Å². The van der Waals surface area contributed by atoms with E-state index in [0.717, 1.165) is 5.56 Å². The third-order valence-corrected chi connectivity index (χ3v) is 4.04. The number of methoxy groups -OCH3 is 1. The van der Waals surface area contributed by atoms with Crippen molar-refractivity contribution in [1.29, 1.82) is 0 Å². The summed E-state index contributed by atoms with van der Waals surface area (Å²) < 4.78 is 16.6. The van der Waals surface area contributed by atoms with Crippen LogP contribution in [0.2, 0.25) is 0 Å². The van der Waals surface area contributed by atoms with Gasteiger partial charge in [0.1, 0.15) is 11.5 Å². The van der Waals surface area contributed by atoms with Crippen LogP contribution in [0, 0.1) is 0 Å². The van der Waals surface area contributed by atoms with Gasteiger partial charge in [-0.15, -0.1) is 0 Å². The van der Waals surface area contributed by atoms with E-state index in [9.17, 15) is 4.79 Å². The minimum Gasteiger partial charge on any atom is -0.495 e. The lowest BCUT2D eigenvalue weighted by molar-refractivity contribution is -0.0592. The van der Waals surface area contributed by atoms with Crippen molar-refractivity contribution in [3.63, 3.8) is 0 Å². The Balaban J connectivity index is 1.80. The molecule has 0 radical (unpaired) electrons. The first-order valence-corrected chi connectivity index (χ1v) is 7.96. The minimum atomic E-state index is -0.121. The predicted molar refractivity (Wildman–Crippen MR) is 91.0 cm³/mol. The Hall–Kier alpha value is -2.47. The number of ether oxygens (including phenoxy) is 2. The zero-order chi connectivity index (χ0) is 17.3. The minimum absolute atomic E-state index is 0.0218. The van der Waals surface area contributed by atoms with E-state index in [1.165, 1.54) is 0 Å². The number of amides is 1. The van der Waals surface area contributed by atoms with Crippen LogP contribution in [-0.4, -0.2) is 43.2 Å². The third kappa shape index (κ3) is 3.23. The highest BCUT2D eigenvalue weighted by molar-refractivity contribution is 5.92. The van der Waals surface area contributed by atoms with E-state index in [0.29, 0.717) is 36.0 Å². The van der Waals surface area contributed by atoms with E-state index in [-0.39, 0.29) is 18.1 Å². The number of carbonyl (C=O) groups excluding carboxylic acids is 1. The number of rotatable bonds is 3. The average Bonchev–Trinajstić information content (AvgIpc) is 3.03. The molecule has 1 aromatic carbocycles. The Bertz CT molecular complexity index is 730. The van der Waals surface area contributed by atoms with Gasteiger partial charge in [0.05, 0.1) is 25.0 Å². The number of nitrogens with zero attached hydrogens (tertiary/aromatic N) is 1. The first-order valence-electron chi connectivity index (χ1n) is 7.96. The van der Waals surface area contributed by atoms with Gasteiger partial charge >= 0.3 is 0 Å². The second-order valence-corrected chi connectivity index (χ2v) is 6.09. The molecule has 2 heterocycles. The molecular formula is C18H22N2O4. The Morgan fingerprint density at radius 1 is 1.21 bits per heavy atom. The number of anilines is 1. The van der Waals surface area contributed by atoms with Crippen LogP contribution in [0.1, 0.15) is 24.4 Å². The Kier molecular flexibility index (Phi) is 4.49. The van der Waals surface area contributed by atoms with Crippen molar-refractivity contribution in [2.75, 3.05) is 25.9 Å². The zero-order valence-electron chi connectivity index (χ0n) is 14.1. The number of carbonyl (C=O) groups is 1. The van der Waals surface area contributed by atoms with Crippen molar-refractivity contribution < 1.29 is 18.7 Å². The molecule has 0 saturated carbocycles. The van der Waals surface area contributed by atoms with Crippen LogP contribution in [0.15, 0.2) is 34.7 Å².